The third kappa shape index (κ3) is 5.02. The van der Waals surface area contributed by atoms with Crippen LogP contribution in [0.3, 0.4) is 0 Å². The Morgan fingerprint density at radius 3 is 2.66 bits per heavy atom. The molecule has 0 aromatic carbocycles. The molecular weight excluding hydrogens is 410 g/mol. The number of hydrogen-bond acceptors (Lipinski definition) is 8. The fourth-order valence-electron chi connectivity index (χ4n) is 3.49. The minimum Gasteiger partial charge on any atom is -0.378 e. The molecule has 4 rings (SSSR count). The van der Waals surface area contributed by atoms with E-state index in [1.54, 1.807) is 35.8 Å². The van der Waals surface area contributed by atoms with Gasteiger partial charge in [0, 0.05) is 37.2 Å². The van der Waals surface area contributed by atoms with Gasteiger partial charge in [0.1, 0.15) is 24.0 Å². The van der Waals surface area contributed by atoms with Crippen molar-refractivity contribution >= 4 is 34.1 Å². The zero-order valence-corrected chi connectivity index (χ0v) is 18.5. The Labute approximate surface area is 185 Å². The summed E-state index contributed by atoms with van der Waals surface area (Å²) in [5.41, 5.74) is -0.601. The molecule has 3 aromatic rings. The fourth-order valence-corrected chi connectivity index (χ4v) is 3.49. The SMILES string of the molecule is CC(C)(C)Nc1nc(Nc2cnccn2)cc2ccn(CC(=O)N3CCOCC3)c(=O)c12. The number of ether oxygens (including phenoxy) is 1. The van der Waals surface area contributed by atoms with Crippen LogP contribution in [0.15, 0.2) is 41.7 Å². The summed E-state index contributed by atoms with van der Waals surface area (Å²) < 4.78 is 6.74. The molecule has 3 aromatic heterocycles. The van der Waals surface area contributed by atoms with Crippen molar-refractivity contribution in [1.29, 1.82) is 0 Å². The summed E-state index contributed by atoms with van der Waals surface area (Å²) in [5.74, 6) is 1.42. The van der Waals surface area contributed by atoms with E-state index < -0.39 is 0 Å². The van der Waals surface area contributed by atoms with Gasteiger partial charge in [0.25, 0.3) is 5.56 Å². The zero-order valence-electron chi connectivity index (χ0n) is 18.5. The fraction of sp³-hybridized carbons (Fsp3) is 0.409. The number of morpholine rings is 1. The number of carbonyl (C=O) groups excluding carboxylic acids is 1. The molecule has 0 saturated carbocycles. The molecule has 1 saturated heterocycles. The van der Waals surface area contributed by atoms with Gasteiger partial charge in [0.15, 0.2) is 0 Å². The minimum absolute atomic E-state index is 0.0245. The molecule has 2 N–H and O–H groups in total. The highest BCUT2D eigenvalue weighted by Crippen LogP contribution is 2.26. The number of amides is 1. The van der Waals surface area contributed by atoms with E-state index in [9.17, 15) is 9.59 Å². The highest BCUT2D eigenvalue weighted by molar-refractivity contribution is 5.93. The quantitative estimate of drug-likeness (QED) is 0.623. The van der Waals surface area contributed by atoms with Crippen LogP contribution in [0.5, 0.6) is 0 Å². The molecule has 1 fully saturated rings. The van der Waals surface area contributed by atoms with Crippen LogP contribution in [0.25, 0.3) is 10.8 Å². The smallest absolute Gasteiger partial charge is 0.262 e. The molecule has 10 heteroatoms. The third-order valence-electron chi connectivity index (χ3n) is 4.94. The van der Waals surface area contributed by atoms with E-state index in [2.05, 4.69) is 25.6 Å². The lowest BCUT2D eigenvalue weighted by atomic mass is 10.1. The van der Waals surface area contributed by atoms with E-state index in [1.165, 1.54) is 4.57 Å². The molecule has 10 nitrogen and oxygen atoms in total. The number of aromatic nitrogens is 4. The molecule has 0 unspecified atom stereocenters. The van der Waals surface area contributed by atoms with Gasteiger partial charge < -0.3 is 24.8 Å². The summed E-state index contributed by atoms with van der Waals surface area (Å²) in [6, 6.07) is 3.61. The molecule has 1 aliphatic heterocycles. The van der Waals surface area contributed by atoms with Gasteiger partial charge in [0.05, 0.1) is 24.8 Å². The highest BCUT2D eigenvalue weighted by Gasteiger charge is 2.20. The number of rotatable bonds is 5. The van der Waals surface area contributed by atoms with Crippen LogP contribution in [-0.4, -0.2) is 62.2 Å². The Kier molecular flexibility index (Phi) is 6.04. The number of nitrogens with zero attached hydrogens (tertiary/aromatic N) is 5. The van der Waals surface area contributed by atoms with Gasteiger partial charge in [-0.1, -0.05) is 0 Å². The van der Waals surface area contributed by atoms with Gasteiger partial charge in [-0.2, -0.15) is 0 Å². The maximum atomic E-state index is 13.4. The zero-order chi connectivity index (χ0) is 22.7. The third-order valence-corrected chi connectivity index (χ3v) is 4.94. The Hall–Kier alpha value is -3.53. The van der Waals surface area contributed by atoms with Gasteiger partial charge in [-0.3, -0.25) is 14.6 Å². The summed E-state index contributed by atoms with van der Waals surface area (Å²) in [7, 11) is 0. The van der Waals surface area contributed by atoms with Crippen LogP contribution in [0.2, 0.25) is 0 Å². The number of carbonyl (C=O) groups is 1. The lowest BCUT2D eigenvalue weighted by Gasteiger charge is -2.27. The predicted octanol–water partition coefficient (Wildman–Crippen LogP) is 2.00. The van der Waals surface area contributed by atoms with Crippen molar-refractivity contribution in [3.8, 4) is 0 Å². The van der Waals surface area contributed by atoms with Crippen LogP contribution in [0, 0.1) is 0 Å². The molecule has 0 bridgehead atoms. The van der Waals surface area contributed by atoms with E-state index in [0.717, 1.165) is 0 Å². The van der Waals surface area contributed by atoms with Gasteiger partial charge in [0.2, 0.25) is 5.91 Å². The van der Waals surface area contributed by atoms with Crippen molar-refractivity contribution in [2.45, 2.75) is 32.9 Å². The number of nitrogens with one attached hydrogen (secondary N) is 2. The molecule has 1 amide bonds. The summed E-state index contributed by atoms with van der Waals surface area (Å²) in [6.45, 7) is 8.07. The van der Waals surface area contributed by atoms with Crippen molar-refractivity contribution in [3.05, 3.63) is 47.3 Å². The van der Waals surface area contributed by atoms with Gasteiger partial charge >= 0.3 is 0 Å². The lowest BCUT2D eigenvalue weighted by Crippen LogP contribution is -2.43. The summed E-state index contributed by atoms with van der Waals surface area (Å²) >= 11 is 0. The summed E-state index contributed by atoms with van der Waals surface area (Å²) in [5, 5.41) is 7.59. The van der Waals surface area contributed by atoms with E-state index in [0.29, 0.717) is 54.5 Å². The Morgan fingerprint density at radius 2 is 1.97 bits per heavy atom. The maximum Gasteiger partial charge on any atom is 0.262 e. The van der Waals surface area contributed by atoms with Crippen molar-refractivity contribution in [3.63, 3.8) is 0 Å². The number of fused-ring (bicyclic) bond motifs is 1. The average molecular weight is 438 g/mol. The predicted molar refractivity (Wildman–Crippen MR) is 122 cm³/mol. The highest BCUT2D eigenvalue weighted by atomic mass is 16.5. The minimum atomic E-state index is -0.332. The van der Waals surface area contributed by atoms with Crippen LogP contribution < -0.4 is 16.2 Å². The van der Waals surface area contributed by atoms with Crippen LogP contribution in [-0.2, 0) is 16.1 Å². The molecule has 32 heavy (non-hydrogen) atoms. The molecule has 4 heterocycles. The van der Waals surface area contributed by atoms with E-state index in [4.69, 9.17) is 4.74 Å². The number of anilines is 3. The van der Waals surface area contributed by atoms with Crippen molar-refractivity contribution in [1.82, 2.24) is 24.4 Å². The van der Waals surface area contributed by atoms with Crippen molar-refractivity contribution in [2.24, 2.45) is 0 Å². The Morgan fingerprint density at radius 1 is 1.19 bits per heavy atom. The molecule has 0 atom stereocenters. The average Bonchev–Trinajstić information content (AvgIpc) is 2.75. The lowest BCUT2D eigenvalue weighted by molar-refractivity contribution is -0.135. The summed E-state index contributed by atoms with van der Waals surface area (Å²) in [4.78, 5) is 40.7. The van der Waals surface area contributed by atoms with E-state index in [-0.39, 0.29) is 23.6 Å². The number of pyridine rings is 2. The molecule has 168 valence electrons. The Bertz CT molecular complexity index is 1170. The molecule has 1 aliphatic rings. The van der Waals surface area contributed by atoms with Crippen molar-refractivity contribution in [2.75, 3.05) is 36.9 Å². The van der Waals surface area contributed by atoms with Crippen LogP contribution in [0.1, 0.15) is 20.8 Å². The molecular formula is C22H27N7O3. The second-order valence-electron chi connectivity index (χ2n) is 8.65. The number of hydrogen-bond donors (Lipinski definition) is 2. The maximum absolute atomic E-state index is 13.4. The monoisotopic (exact) mass is 437 g/mol. The second-order valence-corrected chi connectivity index (χ2v) is 8.65. The molecule has 0 spiro atoms. The largest absolute Gasteiger partial charge is 0.378 e. The Balaban J connectivity index is 1.72. The first kappa shape index (κ1) is 21.7. The topological polar surface area (TPSA) is 114 Å². The first-order valence-electron chi connectivity index (χ1n) is 10.5. The molecule has 0 aliphatic carbocycles. The van der Waals surface area contributed by atoms with Gasteiger partial charge in [-0.25, -0.2) is 9.97 Å². The van der Waals surface area contributed by atoms with Crippen molar-refractivity contribution < 1.29 is 9.53 Å². The van der Waals surface area contributed by atoms with Gasteiger partial charge in [-0.15, -0.1) is 0 Å². The standard InChI is InChI=1S/C22H27N7O3/c1-22(2,3)27-20-19-15(12-16(26-20)25-17-13-23-5-6-24-17)4-7-29(21(19)31)14-18(30)28-8-10-32-11-9-28/h4-7,12-13H,8-11,14H2,1-3H3,(H2,24,25,26,27). The normalized spacial score (nSPS) is 14.4. The first-order valence-corrected chi connectivity index (χ1v) is 10.5. The second kappa shape index (κ2) is 8.91. The molecule has 0 radical (unpaired) electrons. The van der Waals surface area contributed by atoms with Gasteiger partial charge in [-0.05, 0) is 38.3 Å². The van der Waals surface area contributed by atoms with E-state index in [1.807, 2.05) is 26.8 Å². The first-order chi connectivity index (χ1) is 15.3. The van der Waals surface area contributed by atoms with Crippen LogP contribution >= 0.6 is 0 Å². The van der Waals surface area contributed by atoms with Crippen LogP contribution in [0.4, 0.5) is 17.5 Å². The van der Waals surface area contributed by atoms with E-state index >= 15 is 0 Å². The summed E-state index contributed by atoms with van der Waals surface area (Å²) in [6.07, 6.45) is 6.42.